The third kappa shape index (κ3) is 9.50. The Morgan fingerprint density at radius 3 is 2.61 bits per heavy atom. The topological polar surface area (TPSA) is 149 Å². The summed E-state index contributed by atoms with van der Waals surface area (Å²) in [6, 6.07) is 0. The highest BCUT2D eigenvalue weighted by atomic mass is 16.6. The number of aliphatic hydroxyl groups is 3. The predicted molar refractivity (Wildman–Crippen MR) is 135 cm³/mol. The molecule has 0 aromatic rings. The molecule has 2 bridgehead atoms. The van der Waals surface area contributed by atoms with Crippen molar-refractivity contribution in [2.45, 2.75) is 116 Å². The van der Waals surface area contributed by atoms with E-state index in [0.29, 0.717) is 12.3 Å². The first-order valence-corrected chi connectivity index (χ1v) is 13.0. The quantitative estimate of drug-likeness (QED) is 0.313. The normalized spacial score (nSPS) is 37.8. The van der Waals surface area contributed by atoms with Gasteiger partial charge in [0, 0.05) is 18.8 Å². The molecule has 1 fully saturated rings. The van der Waals surface area contributed by atoms with Crippen LogP contribution in [0.5, 0.6) is 0 Å². The van der Waals surface area contributed by atoms with Crippen molar-refractivity contribution in [3.63, 3.8) is 0 Å². The zero-order chi connectivity index (χ0) is 27.0. The zero-order valence-electron chi connectivity index (χ0n) is 22.3. The van der Waals surface area contributed by atoms with Gasteiger partial charge in [-0.15, -0.1) is 0 Å². The number of primary amides is 1. The van der Waals surface area contributed by atoms with Crippen LogP contribution in [0.15, 0.2) is 23.8 Å². The summed E-state index contributed by atoms with van der Waals surface area (Å²) < 4.78 is 17.0. The van der Waals surface area contributed by atoms with E-state index in [4.69, 9.17) is 19.9 Å². The number of hydrogen-bond donors (Lipinski definition) is 4. The van der Waals surface area contributed by atoms with E-state index in [1.807, 2.05) is 26.8 Å². The van der Waals surface area contributed by atoms with Crippen molar-refractivity contribution in [3.05, 3.63) is 23.8 Å². The molecule has 9 heteroatoms. The molecule has 0 radical (unpaired) electrons. The van der Waals surface area contributed by atoms with Crippen molar-refractivity contribution in [3.8, 4) is 0 Å². The monoisotopic (exact) mass is 511 g/mol. The van der Waals surface area contributed by atoms with Crippen molar-refractivity contribution >= 4 is 12.1 Å². The summed E-state index contributed by atoms with van der Waals surface area (Å²) in [5.74, 6) is -2.64. The average Bonchev–Trinajstić information content (AvgIpc) is 2.73. The smallest absolute Gasteiger partial charge is 0.404 e. The second kappa shape index (κ2) is 13.6. The SMILES string of the molecule is C/C=C/C(C)CCC(C)C1CC(O)CC(O)C/C(C)=C\C2OC(O)(CC(=O)O1)CC(OC(N)=O)C2C. The Morgan fingerprint density at radius 1 is 1.28 bits per heavy atom. The average molecular weight is 512 g/mol. The van der Waals surface area contributed by atoms with Gasteiger partial charge < -0.3 is 35.3 Å². The summed E-state index contributed by atoms with van der Waals surface area (Å²) in [5, 5.41) is 32.5. The number of cyclic esters (lactones) is 1. The third-order valence-electron chi connectivity index (χ3n) is 7.24. The fourth-order valence-corrected chi connectivity index (χ4v) is 5.17. The maximum atomic E-state index is 13.0. The molecule has 36 heavy (non-hydrogen) atoms. The van der Waals surface area contributed by atoms with Gasteiger partial charge in [0.25, 0.3) is 0 Å². The molecule has 0 spiro atoms. The van der Waals surface area contributed by atoms with Gasteiger partial charge in [0.2, 0.25) is 0 Å². The van der Waals surface area contributed by atoms with Crippen LogP contribution >= 0.6 is 0 Å². The first kappa shape index (κ1) is 30.3. The highest BCUT2D eigenvalue weighted by Gasteiger charge is 2.47. The summed E-state index contributed by atoms with van der Waals surface area (Å²) in [6.45, 7) is 9.68. The van der Waals surface area contributed by atoms with Gasteiger partial charge in [0.15, 0.2) is 5.79 Å². The molecule has 9 atom stereocenters. The lowest BCUT2D eigenvalue weighted by Crippen LogP contribution is -2.53. The molecule has 2 aliphatic heterocycles. The van der Waals surface area contributed by atoms with Crippen molar-refractivity contribution in [2.75, 3.05) is 0 Å². The molecule has 2 aliphatic rings. The Morgan fingerprint density at radius 2 is 1.97 bits per heavy atom. The van der Waals surface area contributed by atoms with Gasteiger partial charge in [-0.2, -0.15) is 0 Å². The van der Waals surface area contributed by atoms with Crippen LogP contribution in [0.2, 0.25) is 0 Å². The maximum Gasteiger partial charge on any atom is 0.404 e. The largest absolute Gasteiger partial charge is 0.462 e. The van der Waals surface area contributed by atoms with Gasteiger partial charge in [0.1, 0.15) is 12.2 Å². The minimum absolute atomic E-state index is 0.0522. The molecule has 2 heterocycles. The molecule has 2 rings (SSSR count). The lowest BCUT2D eigenvalue weighted by molar-refractivity contribution is -0.279. The van der Waals surface area contributed by atoms with Gasteiger partial charge in [-0.25, -0.2) is 4.79 Å². The van der Waals surface area contributed by atoms with E-state index in [0.717, 1.165) is 18.4 Å². The summed E-state index contributed by atoms with van der Waals surface area (Å²) in [7, 11) is 0. The van der Waals surface area contributed by atoms with Crippen LogP contribution in [-0.2, 0) is 19.0 Å². The van der Waals surface area contributed by atoms with E-state index in [2.05, 4.69) is 13.0 Å². The van der Waals surface area contributed by atoms with Crippen LogP contribution in [0, 0.1) is 17.8 Å². The lowest BCUT2D eigenvalue weighted by atomic mass is 9.85. The van der Waals surface area contributed by atoms with Crippen molar-refractivity contribution in [2.24, 2.45) is 23.5 Å². The molecule has 1 saturated heterocycles. The number of hydrogen-bond acceptors (Lipinski definition) is 8. The van der Waals surface area contributed by atoms with Gasteiger partial charge >= 0.3 is 12.1 Å². The summed E-state index contributed by atoms with van der Waals surface area (Å²) >= 11 is 0. The predicted octanol–water partition coefficient (Wildman–Crippen LogP) is 3.35. The van der Waals surface area contributed by atoms with E-state index < -0.39 is 54.8 Å². The van der Waals surface area contributed by atoms with Crippen molar-refractivity contribution in [1.82, 2.24) is 0 Å². The second-order valence-electron chi connectivity index (χ2n) is 10.8. The van der Waals surface area contributed by atoms with Crippen molar-refractivity contribution < 1.29 is 39.1 Å². The summed E-state index contributed by atoms with van der Waals surface area (Å²) in [5.41, 5.74) is 6.03. The van der Waals surface area contributed by atoms with Crippen LogP contribution in [0.4, 0.5) is 4.79 Å². The van der Waals surface area contributed by atoms with Crippen LogP contribution < -0.4 is 5.73 Å². The number of amides is 1. The Kier molecular flexibility index (Phi) is 11.4. The fraction of sp³-hybridized carbons (Fsp3) is 0.778. The molecule has 9 unspecified atom stereocenters. The molecular weight excluding hydrogens is 466 g/mol. The van der Waals surface area contributed by atoms with Gasteiger partial charge in [-0.05, 0) is 51.4 Å². The minimum atomic E-state index is -1.93. The number of allylic oxidation sites excluding steroid dienone is 2. The first-order valence-electron chi connectivity index (χ1n) is 13.0. The fourth-order valence-electron chi connectivity index (χ4n) is 5.17. The Balaban J connectivity index is 2.30. The number of esters is 1. The van der Waals surface area contributed by atoms with Crippen LogP contribution in [0.3, 0.4) is 0 Å². The number of carbonyl (C=O) groups is 2. The first-order chi connectivity index (χ1) is 16.8. The molecule has 0 aliphatic carbocycles. The van der Waals surface area contributed by atoms with E-state index in [1.54, 1.807) is 13.0 Å². The number of aliphatic hydroxyl groups excluding tert-OH is 2. The molecule has 0 aromatic carbocycles. The number of carbonyl (C=O) groups excluding carboxylic acids is 2. The number of rotatable bonds is 6. The van der Waals surface area contributed by atoms with E-state index >= 15 is 0 Å². The van der Waals surface area contributed by atoms with Gasteiger partial charge in [-0.1, -0.05) is 44.6 Å². The van der Waals surface area contributed by atoms with Crippen LogP contribution in [0.1, 0.15) is 79.6 Å². The number of nitrogens with two attached hydrogens (primary N) is 1. The Hall–Kier alpha value is -1.94. The third-order valence-corrected chi connectivity index (χ3v) is 7.24. The molecule has 9 nitrogen and oxygen atoms in total. The van der Waals surface area contributed by atoms with Gasteiger partial charge in [-0.3, -0.25) is 4.79 Å². The summed E-state index contributed by atoms with van der Waals surface area (Å²) in [4.78, 5) is 24.5. The molecule has 0 saturated carbocycles. The van der Waals surface area contributed by atoms with E-state index in [9.17, 15) is 24.9 Å². The Labute approximate surface area is 214 Å². The lowest BCUT2D eigenvalue weighted by Gasteiger charge is -2.43. The molecular formula is C27H45NO8. The van der Waals surface area contributed by atoms with Crippen LogP contribution in [-0.4, -0.2) is 63.7 Å². The standard InChI is InChI=1S/C27H45NO8/c1-6-7-16(2)8-9-18(4)22-13-21(30)12-20(29)10-17(3)11-23-19(5)24(35-26(28)32)14-27(33,36-23)15-25(31)34-22/h6-7,11,16,18-24,29-30,33H,8-10,12-15H2,1-5H3,(H2,28,32)/b7-6+,17-11-. The molecule has 0 aromatic heterocycles. The number of ether oxygens (including phenoxy) is 3. The van der Waals surface area contributed by atoms with Crippen LogP contribution in [0.25, 0.3) is 0 Å². The highest BCUT2D eigenvalue weighted by molar-refractivity contribution is 5.70. The molecule has 5 N–H and O–H groups in total. The highest BCUT2D eigenvalue weighted by Crippen LogP contribution is 2.37. The maximum absolute atomic E-state index is 13.0. The molecule has 1 amide bonds. The van der Waals surface area contributed by atoms with E-state index in [1.165, 1.54) is 0 Å². The molecule has 206 valence electrons. The van der Waals surface area contributed by atoms with Gasteiger partial charge in [0.05, 0.1) is 24.7 Å². The van der Waals surface area contributed by atoms with E-state index in [-0.39, 0.29) is 31.1 Å². The number of fused-ring (bicyclic) bond motifs is 2. The second-order valence-corrected chi connectivity index (χ2v) is 10.8. The minimum Gasteiger partial charge on any atom is -0.462 e. The summed E-state index contributed by atoms with van der Waals surface area (Å²) in [6.07, 6.45) is 2.85. The van der Waals surface area contributed by atoms with Crippen molar-refractivity contribution in [1.29, 1.82) is 0 Å². The zero-order valence-corrected chi connectivity index (χ0v) is 22.3. The Bertz CT molecular complexity index is 799.